The average Bonchev–Trinajstić information content (AvgIpc) is 3.20. The molecule has 1 heterocycles. The first-order valence-corrected chi connectivity index (χ1v) is 14.0. The molecule has 5 aliphatic carbocycles. The zero-order chi connectivity index (χ0) is 26.9. The summed E-state index contributed by atoms with van der Waals surface area (Å²) in [5.74, 6) is -2.52. The van der Waals surface area contributed by atoms with Gasteiger partial charge < -0.3 is 34.5 Å². The van der Waals surface area contributed by atoms with Gasteiger partial charge in [-0.15, -0.1) is 0 Å². The van der Waals surface area contributed by atoms with Crippen LogP contribution in [0.5, 0.6) is 0 Å². The Labute approximate surface area is 218 Å². The topological polar surface area (TPSA) is 124 Å². The molecule has 9 heteroatoms. The number of fused-ring (bicyclic) bond motifs is 2. The molecule has 6 aliphatic rings. The van der Waals surface area contributed by atoms with Gasteiger partial charge in [0.2, 0.25) is 0 Å². The minimum absolute atomic E-state index is 0.0631. The standard InChI is InChI=1S/C28H43NO8/c1-8-25-11-29-22-19-20(35-7)21(25)27(22,17(34-6)9-12(25)2)16-10-26(32)13(3)23(36-14(4)30)28(19,33)18(16)24(26)37-15(5)31/h12-13,16-24,29,32-33H,8-11H2,1-7H3/t12-,13+,16-,17+,18-,19?,20+,21-,22-,23+,24-,25-,26+,27+,28-/m1/s1. The van der Waals surface area contributed by atoms with Crippen LogP contribution in [0.4, 0.5) is 0 Å². The molecule has 0 aromatic heterocycles. The third kappa shape index (κ3) is 2.64. The van der Waals surface area contributed by atoms with E-state index in [9.17, 15) is 19.8 Å². The number of nitrogens with one attached hydrogen (secondary N) is 1. The molecule has 6 fully saturated rings. The van der Waals surface area contributed by atoms with Gasteiger partial charge in [0, 0.05) is 69.7 Å². The number of hydrogen-bond donors (Lipinski definition) is 3. The van der Waals surface area contributed by atoms with Crippen LogP contribution >= 0.6 is 0 Å². The van der Waals surface area contributed by atoms with Crippen LogP contribution < -0.4 is 5.32 Å². The first kappa shape index (κ1) is 26.0. The summed E-state index contributed by atoms with van der Waals surface area (Å²) in [5.41, 5.74) is -3.54. The summed E-state index contributed by atoms with van der Waals surface area (Å²) in [7, 11) is 3.48. The van der Waals surface area contributed by atoms with Crippen molar-refractivity contribution in [2.45, 2.75) is 95.5 Å². The van der Waals surface area contributed by atoms with Crippen LogP contribution in [0.1, 0.15) is 53.9 Å². The maximum atomic E-state index is 13.1. The van der Waals surface area contributed by atoms with Crippen molar-refractivity contribution in [3.8, 4) is 0 Å². The molecule has 1 unspecified atom stereocenters. The third-order valence-electron chi connectivity index (χ3n) is 12.5. The van der Waals surface area contributed by atoms with Gasteiger partial charge in [0.15, 0.2) is 0 Å². The zero-order valence-electron chi connectivity index (χ0n) is 23.0. The molecule has 0 radical (unpaired) electrons. The number of aliphatic hydroxyl groups is 2. The molecular formula is C28H43NO8. The highest BCUT2D eigenvalue weighted by molar-refractivity contribution is 5.67. The van der Waals surface area contributed by atoms with E-state index in [0.29, 0.717) is 12.3 Å². The summed E-state index contributed by atoms with van der Waals surface area (Å²) in [6, 6.07) is -0.158. The summed E-state index contributed by atoms with van der Waals surface area (Å²) in [6.45, 7) is 9.83. The van der Waals surface area contributed by atoms with Crippen LogP contribution in [0.25, 0.3) is 0 Å². The Bertz CT molecular complexity index is 1010. The van der Waals surface area contributed by atoms with E-state index in [1.807, 2.05) is 0 Å². The van der Waals surface area contributed by atoms with Crippen molar-refractivity contribution in [2.75, 3.05) is 20.8 Å². The SMILES string of the molecule is CC[C@]12CN[C@@H]3C4[C@H](OC)[C@H]1[C@@]3([C@@H](OC)C[C@H]2C)[C@@H]1C[C@@]2(O)[C@H](OC(C)=O)[C@@H]1[C@]4(O)[C@@H](OC(C)=O)[C@@H]2C. The lowest BCUT2D eigenvalue weighted by Gasteiger charge is -2.68. The number of methoxy groups -OCH3 is 2. The number of piperidine rings is 1. The quantitative estimate of drug-likeness (QED) is 0.459. The lowest BCUT2D eigenvalue weighted by atomic mass is 9.41. The van der Waals surface area contributed by atoms with Crippen LogP contribution in [0.3, 0.4) is 0 Å². The van der Waals surface area contributed by atoms with Gasteiger partial charge in [-0.05, 0) is 36.5 Å². The van der Waals surface area contributed by atoms with Crippen molar-refractivity contribution < 1.29 is 38.7 Å². The molecule has 0 amide bonds. The van der Waals surface area contributed by atoms with Crippen LogP contribution in [-0.2, 0) is 28.5 Å². The van der Waals surface area contributed by atoms with E-state index in [4.69, 9.17) is 18.9 Å². The molecule has 6 rings (SSSR count). The van der Waals surface area contributed by atoms with E-state index < -0.39 is 58.5 Å². The summed E-state index contributed by atoms with van der Waals surface area (Å²) in [4.78, 5) is 24.8. The number of carbonyl (C=O) groups excluding carboxylic acids is 2. The molecule has 1 saturated heterocycles. The molecular weight excluding hydrogens is 478 g/mol. The number of carbonyl (C=O) groups is 2. The van der Waals surface area contributed by atoms with Gasteiger partial charge in [-0.3, -0.25) is 9.59 Å². The summed E-state index contributed by atoms with van der Waals surface area (Å²) in [6.07, 6.45) is -0.150. The smallest absolute Gasteiger partial charge is 0.303 e. The lowest BCUT2D eigenvalue weighted by molar-refractivity contribution is -0.295. The number of rotatable bonds is 5. The molecule has 15 atom stereocenters. The van der Waals surface area contributed by atoms with Gasteiger partial charge >= 0.3 is 11.9 Å². The second-order valence-corrected chi connectivity index (χ2v) is 13.1. The van der Waals surface area contributed by atoms with Crippen LogP contribution in [-0.4, -0.2) is 84.6 Å². The van der Waals surface area contributed by atoms with Gasteiger partial charge in [-0.2, -0.15) is 0 Å². The van der Waals surface area contributed by atoms with Gasteiger partial charge in [0.1, 0.15) is 23.4 Å². The van der Waals surface area contributed by atoms with E-state index >= 15 is 0 Å². The van der Waals surface area contributed by atoms with Crippen molar-refractivity contribution >= 4 is 11.9 Å². The molecule has 37 heavy (non-hydrogen) atoms. The third-order valence-corrected chi connectivity index (χ3v) is 12.5. The molecule has 7 bridgehead atoms. The van der Waals surface area contributed by atoms with Crippen molar-refractivity contribution in [1.29, 1.82) is 0 Å². The predicted molar refractivity (Wildman–Crippen MR) is 131 cm³/mol. The maximum Gasteiger partial charge on any atom is 0.303 e. The molecule has 3 N–H and O–H groups in total. The second-order valence-electron chi connectivity index (χ2n) is 13.1. The molecule has 1 aliphatic heterocycles. The number of hydrogen-bond acceptors (Lipinski definition) is 9. The van der Waals surface area contributed by atoms with Crippen molar-refractivity contribution in [1.82, 2.24) is 5.32 Å². The largest absolute Gasteiger partial charge is 0.459 e. The van der Waals surface area contributed by atoms with Gasteiger partial charge in [0.05, 0.1) is 12.2 Å². The van der Waals surface area contributed by atoms with Gasteiger partial charge in [0.25, 0.3) is 0 Å². The van der Waals surface area contributed by atoms with Gasteiger partial charge in [-0.1, -0.05) is 20.8 Å². The van der Waals surface area contributed by atoms with E-state index in [2.05, 4.69) is 19.2 Å². The van der Waals surface area contributed by atoms with E-state index in [-0.39, 0.29) is 35.5 Å². The molecule has 9 nitrogen and oxygen atoms in total. The minimum Gasteiger partial charge on any atom is -0.459 e. The Morgan fingerprint density at radius 2 is 1.65 bits per heavy atom. The highest BCUT2D eigenvalue weighted by Gasteiger charge is 2.89. The first-order valence-electron chi connectivity index (χ1n) is 14.0. The monoisotopic (exact) mass is 521 g/mol. The molecule has 0 aromatic carbocycles. The summed E-state index contributed by atoms with van der Waals surface area (Å²) < 4.78 is 24.5. The van der Waals surface area contributed by atoms with Crippen LogP contribution in [0.15, 0.2) is 0 Å². The fourth-order valence-corrected chi connectivity index (χ4v) is 11.5. The van der Waals surface area contributed by atoms with E-state index in [0.717, 1.165) is 19.4 Å². The number of ether oxygens (including phenoxy) is 4. The van der Waals surface area contributed by atoms with E-state index in [1.165, 1.54) is 13.8 Å². The maximum absolute atomic E-state index is 13.1. The molecule has 1 spiro atoms. The zero-order valence-corrected chi connectivity index (χ0v) is 23.0. The highest BCUT2D eigenvalue weighted by Crippen LogP contribution is 2.80. The molecule has 0 aromatic rings. The summed E-state index contributed by atoms with van der Waals surface area (Å²) in [5, 5.41) is 29.3. The number of esters is 2. The Kier molecular flexibility index (Phi) is 5.55. The van der Waals surface area contributed by atoms with Crippen LogP contribution in [0.2, 0.25) is 0 Å². The lowest BCUT2D eigenvalue weighted by Crippen LogP contribution is -2.79. The van der Waals surface area contributed by atoms with Crippen molar-refractivity contribution in [3.05, 3.63) is 0 Å². The Hall–Kier alpha value is -1.26. The van der Waals surface area contributed by atoms with Crippen molar-refractivity contribution in [3.63, 3.8) is 0 Å². The summed E-state index contributed by atoms with van der Waals surface area (Å²) >= 11 is 0. The molecule has 5 saturated carbocycles. The first-order chi connectivity index (χ1) is 17.4. The fourth-order valence-electron chi connectivity index (χ4n) is 11.5. The van der Waals surface area contributed by atoms with Crippen LogP contribution in [0, 0.1) is 46.3 Å². The molecule has 208 valence electrons. The second kappa shape index (κ2) is 7.90. The van der Waals surface area contributed by atoms with Crippen molar-refractivity contribution in [2.24, 2.45) is 46.3 Å². The highest BCUT2D eigenvalue weighted by atomic mass is 16.6. The Morgan fingerprint density at radius 1 is 1.00 bits per heavy atom. The Balaban J connectivity index is 1.66. The minimum atomic E-state index is -1.56. The fraction of sp³-hybridized carbons (Fsp3) is 0.929. The van der Waals surface area contributed by atoms with Gasteiger partial charge in [-0.25, -0.2) is 0 Å². The Morgan fingerprint density at radius 3 is 2.22 bits per heavy atom. The predicted octanol–water partition coefficient (Wildman–Crippen LogP) is 1.28. The average molecular weight is 522 g/mol. The normalized spacial score (nSPS) is 58.7. The van der Waals surface area contributed by atoms with E-state index in [1.54, 1.807) is 21.1 Å².